The smallest absolute Gasteiger partial charge is 0.324 e. The number of rotatable bonds is 7. The third kappa shape index (κ3) is 4.23. The van der Waals surface area contributed by atoms with E-state index in [4.69, 9.17) is 5.11 Å². The van der Waals surface area contributed by atoms with Gasteiger partial charge < -0.3 is 10.4 Å². The topological polar surface area (TPSA) is 72.9 Å². The van der Waals surface area contributed by atoms with Gasteiger partial charge in [-0.3, -0.25) is 14.6 Å². The second kappa shape index (κ2) is 6.45. The van der Waals surface area contributed by atoms with Gasteiger partial charge in [0.15, 0.2) is 0 Å². The summed E-state index contributed by atoms with van der Waals surface area (Å²) in [5.74, 6) is -0.365. The number of aliphatic hydroxyl groups excluding tert-OH is 1. The molecule has 1 aliphatic heterocycles. The van der Waals surface area contributed by atoms with E-state index in [1.54, 1.807) is 0 Å². The van der Waals surface area contributed by atoms with Gasteiger partial charge in [-0.05, 0) is 0 Å². The molecular weight excluding hydrogens is 236 g/mol. The molecule has 0 radical (unpaired) electrons. The molecule has 1 aliphatic rings. The number of nitrogens with zero attached hydrogens (tertiary/aromatic N) is 2. The van der Waals surface area contributed by atoms with Crippen LogP contribution in [0.25, 0.3) is 0 Å². The molecule has 0 aromatic carbocycles. The molecule has 0 saturated carbocycles. The SMILES string of the molecule is O=C1CNC(=O)N1CCN(CCO)CC(F)F. The molecule has 1 fully saturated rings. The highest BCUT2D eigenvalue weighted by atomic mass is 19.3. The van der Waals surface area contributed by atoms with Gasteiger partial charge in [0.2, 0.25) is 5.91 Å². The predicted octanol–water partition coefficient (Wildman–Crippen LogP) is -0.902. The van der Waals surface area contributed by atoms with Crippen LogP contribution < -0.4 is 5.32 Å². The minimum Gasteiger partial charge on any atom is -0.395 e. The lowest BCUT2D eigenvalue weighted by Gasteiger charge is -2.22. The summed E-state index contributed by atoms with van der Waals surface area (Å²) in [6, 6.07) is -0.504. The van der Waals surface area contributed by atoms with Crippen LogP contribution in [0, 0.1) is 0 Å². The Kier molecular flexibility index (Phi) is 5.23. The zero-order valence-corrected chi connectivity index (χ0v) is 9.23. The minimum absolute atomic E-state index is 0.0479. The fraction of sp³-hybridized carbons (Fsp3) is 0.778. The summed E-state index contributed by atoms with van der Waals surface area (Å²) < 4.78 is 24.4. The average molecular weight is 251 g/mol. The van der Waals surface area contributed by atoms with Gasteiger partial charge in [-0.1, -0.05) is 0 Å². The molecule has 1 saturated heterocycles. The lowest BCUT2D eigenvalue weighted by atomic mass is 10.4. The number of hydrogen-bond acceptors (Lipinski definition) is 4. The number of urea groups is 1. The van der Waals surface area contributed by atoms with E-state index in [1.165, 1.54) is 4.90 Å². The monoisotopic (exact) mass is 251 g/mol. The van der Waals surface area contributed by atoms with Crippen LogP contribution >= 0.6 is 0 Å². The quantitative estimate of drug-likeness (QED) is 0.575. The first-order valence-electron chi connectivity index (χ1n) is 5.24. The molecule has 0 aliphatic carbocycles. The molecule has 0 aromatic heterocycles. The van der Waals surface area contributed by atoms with Gasteiger partial charge in [-0.15, -0.1) is 0 Å². The normalized spacial score (nSPS) is 16.2. The van der Waals surface area contributed by atoms with Crippen molar-refractivity contribution in [3.05, 3.63) is 0 Å². The largest absolute Gasteiger partial charge is 0.395 e. The highest BCUT2D eigenvalue weighted by Crippen LogP contribution is 2.02. The second-order valence-electron chi connectivity index (χ2n) is 3.62. The molecule has 1 heterocycles. The zero-order chi connectivity index (χ0) is 12.8. The van der Waals surface area contributed by atoms with Crippen LogP contribution in [0.15, 0.2) is 0 Å². The van der Waals surface area contributed by atoms with Crippen molar-refractivity contribution in [3.8, 4) is 0 Å². The molecule has 1 rings (SSSR count). The van der Waals surface area contributed by atoms with Crippen LogP contribution in [0.5, 0.6) is 0 Å². The van der Waals surface area contributed by atoms with Gasteiger partial charge in [0.25, 0.3) is 6.43 Å². The fourth-order valence-electron chi connectivity index (χ4n) is 1.55. The number of nitrogens with one attached hydrogen (secondary N) is 1. The summed E-state index contributed by atoms with van der Waals surface area (Å²) in [6.07, 6.45) is -2.51. The number of amides is 3. The van der Waals surface area contributed by atoms with Crippen molar-refractivity contribution in [3.63, 3.8) is 0 Å². The number of imide groups is 1. The number of carbonyl (C=O) groups is 2. The molecular formula is C9H15F2N3O3. The molecule has 0 unspecified atom stereocenters. The van der Waals surface area contributed by atoms with Crippen LogP contribution in [0.1, 0.15) is 0 Å². The van der Waals surface area contributed by atoms with Crippen LogP contribution in [0.3, 0.4) is 0 Å². The first-order chi connectivity index (χ1) is 8.04. The first-order valence-corrected chi connectivity index (χ1v) is 5.24. The average Bonchev–Trinajstić information content (AvgIpc) is 2.55. The molecule has 2 N–H and O–H groups in total. The highest BCUT2D eigenvalue weighted by Gasteiger charge is 2.28. The molecule has 17 heavy (non-hydrogen) atoms. The zero-order valence-electron chi connectivity index (χ0n) is 9.23. The molecule has 3 amide bonds. The minimum atomic E-state index is -2.51. The third-order valence-corrected chi connectivity index (χ3v) is 2.39. The van der Waals surface area contributed by atoms with Crippen molar-refractivity contribution in [2.45, 2.75) is 6.43 Å². The Morgan fingerprint density at radius 3 is 2.59 bits per heavy atom. The second-order valence-corrected chi connectivity index (χ2v) is 3.62. The molecule has 0 atom stereocenters. The van der Waals surface area contributed by atoms with E-state index in [0.29, 0.717) is 0 Å². The van der Waals surface area contributed by atoms with Crippen molar-refractivity contribution >= 4 is 11.9 Å². The van der Waals surface area contributed by atoms with Crippen molar-refractivity contribution in [2.24, 2.45) is 0 Å². The molecule has 0 aromatic rings. The molecule has 6 nitrogen and oxygen atoms in total. The Balaban J connectivity index is 2.39. The van der Waals surface area contributed by atoms with E-state index >= 15 is 0 Å². The van der Waals surface area contributed by atoms with Crippen molar-refractivity contribution in [2.75, 3.05) is 39.3 Å². The Morgan fingerprint density at radius 1 is 1.41 bits per heavy atom. The van der Waals surface area contributed by atoms with E-state index in [1.807, 2.05) is 0 Å². The van der Waals surface area contributed by atoms with Gasteiger partial charge in [0.05, 0.1) is 19.7 Å². The maximum atomic E-state index is 12.2. The number of hydrogen-bond donors (Lipinski definition) is 2. The number of carbonyl (C=O) groups excluding carboxylic acids is 2. The van der Waals surface area contributed by atoms with Gasteiger partial charge in [0.1, 0.15) is 0 Å². The Hall–Kier alpha value is -1.28. The van der Waals surface area contributed by atoms with Gasteiger partial charge in [-0.25, -0.2) is 13.6 Å². The summed E-state index contributed by atoms with van der Waals surface area (Å²) >= 11 is 0. The van der Waals surface area contributed by atoms with Crippen molar-refractivity contribution in [1.82, 2.24) is 15.1 Å². The Morgan fingerprint density at radius 2 is 2.12 bits per heavy atom. The number of halogens is 2. The van der Waals surface area contributed by atoms with Crippen LogP contribution in [0.4, 0.5) is 13.6 Å². The van der Waals surface area contributed by atoms with Crippen LogP contribution in [-0.4, -0.2) is 72.6 Å². The number of alkyl halides is 2. The van der Waals surface area contributed by atoms with E-state index in [2.05, 4.69) is 5.32 Å². The maximum absolute atomic E-state index is 12.2. The van der Waals surface area contributed by atoms with Crippen molar-refractivity contribution < 1.29 is 23.5 Å². The standard InChI is InChI=1S/C9H15F2N3O3/c10-7(11)6-13(3-4-15)1-2-14-8(16)5-12-9(14)17/h7,15H,1-6H2,(H,12,17). The summed E-state index contributed by atoms with van der Waals surface area (Å²) in [7, 11) is 0. The third-order valence-electron chi connectivity index (χ3n) is 2.39. The van der Waals surface area contributed by atoms with E-state index in [9.17, 15) is 18.4 Å². The first kappa shape index (κ1) is 13.8. The lowest BCUT2D eigenvalue weighted by Crippen LogP contribution is -2.41. The summed E-state index contributed by atoms with van der Waals surface area (Å²) in [5, 5.41) is 11.0. The Bertz CT molecular complexity index is 273. The molecule has 98 valence electrons. The van der Waals surface area contributed by atoms with Gasteiger partial charge in [-0.2, -0.15) is 0 Å². The lowest BCUT2D eigenvalue weighted by molar-refractivity contribution is -0.125. The summed E-state index contributed by atoms with van der Waals surface area (Å²) in [5.41, 5.74) is 0. The summed E-state index contributed by atoms with van der Waals surface area (Å²) in [4.78, 5) is 24.7. The van der Waals surface area contributed by atoms with Crippen LogP contribution in [-0.2, 0) is 4.79 Å². The predicted molar refractivity (Wildman–Crippen MR) is 54.6 cm³/mol. The Labute approximate surface area is 97.2 Å². The fourth-order valence-corrected chi connectivity index (χ4v) is 1.55. The highest BCUT2D eigenvalue weighted by molar-refractivity contribution is 6.01. The van der Waals surface area contributed by atoms with E-state index < -0.39 is 19.0 Å². The molecule has 8 heteroatoms. The van der Waals surface area contributed by atoms with E-state index in [0.717, 1.165) is 4.90 Å². The molecule has 0 bridgehead atoms. The van der Waals surface area contributed by atoms with Gasteiger partial charge in [0, 0.05) is 19.6 Å². The van der Waals surface area contributed by atoms with E-state index in [-0.39, 0.29) is 38.7 Å². The van der Waals surface area contributed by atoms with Gasteiger partial charge >= 0.3 is 6.03 Å². The summed E-state index contributed by atoms with van der Waals surface area (Å²) in [6.45, 7) is -0.500. The maximum Gasteiger partial charge on any atom is 0.324 e. The molecule has 0 spiro atoms. The van der Waals surface area contributed by atoms with Crippen molar-refractivity contribution in [1.29, 1.82) is 0 Å². The number of aliphatic hydroxyl groups is 1. The van der Waals surface area contributed by atoms with Crippen LogP contribution in [0.2, 0.25) is 0 Å².